The number of halogens is 2. The van der Waals surface area contributed by atoms with Crippen molar-refractivity contribution in [2.75, 3.05) is 45.1 Å². The van der Waals surface area contributed by atoms with E-state index in [2.05, 4.69) is 25.9 Å². The van der Waals surface area contributed by atoms with Gasteiger partial charge in [0.25, 0.3) is 0 Å². The van der Waals surface area contributed by atoms with Gasteiger partial charge in [0, 0.05) is 20.3 Å². The van der Waals surface area contributed by atoms with Crippen LogP contribution in [0.2, 0.25) is 5.02 Å². The number of rotatable bonds is 9. The molecular weight excluding hydrogens is 528 g/mol. The summed E-state index contributed by atoms with van der Waals surface area (Å²) in [6.07, 6.45) is 5.85. The zero-order chi connectivity index (χ0) is 26.7. The SMILES string of the molecule is COc1cc(C2CC3(CCNCC3)C2)c(F)cc1Nc1ncc(Cl)c(Nc2ccccc2P(OC)OC)n1. The van der Waals surface area contributed by atoms with Gasteiger partial charge in [-0.05, 0) is 73.9 Å². The number of anilines is 4. The van der Waals surface area contributed by atoms with Gasteiger partial charge in [0.2, 0.25) is 14.3 Å². The molecule has 3 N–H and O–H groups in total. The molecule has 1 spiro atoms. The van der Waals surface area contributed by atoms with Crippen LogP contribution in [0.4, 0.5) is 27.5 Å². The Kier molecular flexibility index (Phi) is 8.31. The van der Waals surface area contributed by atoms with Crippen LogP contribution in [0.5, 0.6) is 5.75 Å². The highest BCUT2D eigenvalue weighted by atomic mass is 35.5. The molecule has 202 valence electrons. The maximum atomic E-state index is 15.3. The van der Waals surface area contributed by atoms with Crippen molar-refractivity contribution in [1.82, 2.24) is 15.3 Å². The molecule has 38 heavy (non-hydrogen) atoms. The molecule has 11 heteroatoms. The van der Waals surface area contributed by atoms with E-state index in [9.17, 15) is 0 Å². The van der Waals surface area contributed by atoms with Gasteiger partial charge in [0.1, 0.15) is 16.6 Å². The fourth-order valence-corrected chi connectivity index (χ4v) is 6.71. The summed E-state index contributed by atoms with van der Waals surface area (Å²) >= 11 is 6.41. The number of hydrogen-bond acceptors (Lipinski definition) is 8. The van der Waals surface area contributed by atoms with Gasteiger partial charge < -0.3 is 29.7 Å². The van der Waals surface area contributed by atoms with E-state index in [1.165, 1.54) is 12.3 Å². The molecule has 3 aromatic rings. The number of para-hydroxylation sites is 1. The number of hydrogen-bond donors (Lipinski definition) is 3. The molecule has 5 rings (SSSR count). The Balaban J connectivity index is 1.35. The van der Waals surface area contributed by atoms with Crippen LogP contribution in [0, 0.1) is 11.2 Å². The van der Waals surface area contributed by atoms with Crippen molar-refractivity contribution in [3.05, 3.63) is 59.0 Å². The Morgan fingerprint density at radius 2 is 1.79 bits per heavy atom. The smallest absolute Gasteiger partial charge is 0.229 e. The summed E-state index contributed by atoms with van der Waals surface area (Å²) in [7, 11) is 3.50. The first kappa shape index (κ1) is 27.0. The summed E-state index contributed by atoms with van der Waals surface area (Å²) in [6, 6.07) is 10.9. The summed E-state index contributed by atoms with van der Waals surface area (Å²) in [4.78, 5) is 8.83. The van der Waals surface area contributed by atoms with Crippen LogP contribution >= 0.6 is 20.0 Å². The number of aromatic nitrogens is 2. The topological polar surface area (TPSA) is 89.6 Å². The lowest BCUT2D eigenvalue weighted by molar-refractivity contribution is 0.0588. The minimum absolute atomic E-state index is 0.211. The second kappa shape index (κ2) is 11.7. The highest BCUT2D eigenvalue weighted by molar-refractivity contribution is 7.56. The Morgan fingerprint density at radius 1 is 1.05 bits per heavy atom. The molecule has 8 nitrogen and oxygen atoms in total. The Labute approximate surface area is 228 Å². The molecule has 2 aromatic carbocycles. The number of ether oxygens (including phenoxy) is 1. The van der Waals surface area contributed by atoms with E-state index >= 15 is 4.39 Å². The van der Waals surface area contributed by atoms with Crippen LogP contribution in [0.1, 0.15) is 37.2 Å². The van der Waals surface area contributed by atoms with Crippen LogP contribution in [0.3, 0.4) is 0 Å². The maximum absolute atomic E-state index is 15.3. The number of piperidine rings is 1. The molecule has 1 saturated heterocycles. The maximum Gasteiger partial charge on any atom is 0.229 e. The number of benzene rings is 2. The average molecular weight is 560 g/mol. The molecule has 0 unspecified atom stereocenters. The van der Waals surface area contributed by atoms with Gasteiger partial charge in [-0.1, -0.05) is 23.7 Å². The van der Waals surface area contributed by atoms with Gasteiger partial charge in [0.15, 0.2) is 5.82 Å². The fraction of sp³-hybridized carbons (Fsp3) is 0.407. The Morgan fingerprint density at radius 3 is 2.50 bits per heavy atom. The third-order valence-corrected chi connectivity index (χ3v) is 9.18. The third kappa shape index (κ3) is 5.58. The predicted molar refractivity (Wildman–Crippen MR) is 150 cm³/mol. The summed E-state index contributed by atoms with van der Waals surface area (Å²) in [5.74, 6) is 1.13. The molecule has 0 atom stereocenters. The van der Waals surface area contributed by atoms with Crippen molar-refractivity contribution >= 4 is 48.4 Å². The molecule has 0 amide bonds. The van der Waals surface area contributed by atoms with Crippen LogP contribution in [-0.4, -0.2) is 44.4 Å². The summed E-state index contributed by atoms with van der Waals surface area (Å²) in [5.41, 5.74) is 2.26. The second-order valence-corrected chi connectivity index (χ2v) is 11.8. The lowest BCUT2D eigenvalue weighted by Crippen LogP contribution is -2.44. The van der Waals surface area contributed by atoms with Crippen molar-refractivity contribution in [3.63, 3.8) is 0 Å². The van der Waals surface area contributed by atoms with Gasteiger partial charge in [-0.2, -0.15) is 4.98 Å². The molecule has 2 heterocycles. The highest BCUT2D eigenvalue weighted by Crippen LogP contribution is 2.56. The Hall–Kier alpha value is -2.55. The zero-order valence-electron chi connectivity index (χ0n) is 21.7. The van der Waals surface area contributed by atoms with E-state index in [4.69, 9.17) is 25.4 Å². The standard InChI is InChI=1S/C27H32ClFN5O3P/c1-35-23-12-18(17-14-27(15-17)8-10-30-11-9-27)20(29)13-22(23)33-26-31-16-19(28)25(34-26)32-21-6-4-5-7-24(21)38(36-2)37-3/h4-7,12-13,16-17,30H,8-11,14-15H2,1-3H3,(H2,31,32,33,34). The van der Waals surface area contributed by atoms with Crippen molar-refractivity contribution in [3.8, 4) is 5.75 Å². The molecule has 1 aliphatic heterocycles. The third-order valence-electron chi connectivity index (χ3n) is 7.46. The molecular formula is C27H32ClFN5O3P. The van der Waals surface area contributed by atoms with E-state index in [0.717, 1.165) is 49.8 Å². The van der Waals surface area contributed by atoms with Crippen molar-refractivity contribution in [2.45, 2.75) is 31.6 Å². The van der Waals surface area contributed by atoms with Crippen LogP contribution < -0.4 is 26.0 Å². The van der Waals surface area contributed by atoms with Gasteiger partial charge in [-0.15, -0.1) is 0 Å². The first-order chi connectivity index (χ1) is 18.4. The number of methoxy groups -OCH3 is 1. The van der Waals surface area contributed by atoms with Gasteiger partial charge in [-0.25, -0.2) is 9.37 Å². The molecule has 0 bridgehead atoms. The molecule has 1 saturated carbocycles. The lowest BCUT2D eigenvalue weighted by atomic mass is 9.56. The van der Waals surface area contributed by atoms with E-state index in [-0.39, 0.29) is 17.7 Å². The van der Waals surface area contributed by atoms with Crippen molar-refractivity contribution < 1.29 is 18.2 Å². The second-order valence-electron chi connectivity index (χ2n) is 9.71. The summed E-state index contributed by atoms with van der Waals surface area (Å²) in [6.45, 7) is 2.09. The quantitative estimate of drug-likeness (QED) is 0.265. The van der Waals surface area contributed by atoms with Crippen molar-refractivity contribution in [2.24, 2.45) is 5.41 Å². The number of nitrogens with zero attached hydrogens (tertiary/aromatic N) is 2. The summed E-state index contributed by atoms with van der Waals surface area (Å²) < 4.78 is 31.9. The largest absolute Gasteiger partial charge is 0.495 e. The first-order valence-electron chi connectivity index (χ1n) is 12.6. The Bertz CT molecular complexity index is 1280. The van der Waals surface area contributed by atoms with Crippen LogP contribution in [0.15, 0.2) is 42.6 Å². The molecule has 2 fully saturated rings. The van der Waals surface area contributed by atoms with Gasteiger partial charge in [-0.3, -0.25) is 0 Å². The average Bonchev–Trinajstić information content (AvgIpc) is 2.91. The monoisotopic (exact) mass is 559 g/mol. The first-order valence-corrected chi connectivity index (χ1v) is 14.1. The number of nitrogens with one attached hydrogen (secondary N) is 3. The minimum atomic E-state index is -1.27. The van der Waals surface area contributed by atoms with E-state index < -0.39 is 8.38 Å². The highest BCUT2D eigenvalue weighted by Gasteiger charge is 2.45. The fourth-order valence-electron chi connectivity index (χ4n) is 5.49. The zero-order valence-corrected chi connectivity index (χ0v) is 23.3. The summed E-state index contributed by atoms with van der Waals surface area (Å²) in [5, 5.41) is 10.9. The molecule has 1 aliphatic carbocycles. The lowest BCUT2D eigenvalue weighted by Gasteiger charge is -2.50. The molecule has 0 radical (unpaired) electrons. The van der Waals surface area contributed by atoms with Crippen molar-refractivity contribution in [1.29, 1.82) is 0 Å². The van der Waals surface area contributed by atoms with Gasteiger partial charge >= 0.3 is 0 Å². The predicted octanol–water partition coefficient (Wildman–Crippen LogP) is 6.24. The van der Waals surface area contributed by atoms with Gasteiger partial charge in [0.05, 0.1) is 30.0 Å². The van der Waals surface area contributed by atoms with E-state index in [1.54, 1.807) is 27.4 Å². The molecule has 2 aliphatic rings. The van der Waals surface area contributed by atoms with E-state index in [0.29, 0.717) is 33.3 Å². The van der Waals surface area contributed by atoms with E-state index in [1.807, 2.05) is 24.3 Å². The van der Waals surface area contributed by atoms with Crippen LogP contribution in [-0.2, 0) is 9.05 Å². The minimum Gasteiger partial charge on any atom is -0.495 e. The normalized spacial score (nSPS) is 16.9. The molecule has 1 aromatic heterocycles. The van der Waals surface area contributed by atoms with Crippen LogP contribution in [0.25, 0.3) is 0 Å².